The number of nitro benzene ring substituents is 1. The Morgan fingerprint density at radius 3 is 2.64 bits per heavy atom. The molecule has 0 saturated carbocycles. The van der Waals surface area contributed by atoms with Crippen molar-refractivity contribution in [3.8, 4) is 0 Å². The number of nitrogens with one attached hydrogen (secondary N) is 1. The van der Waals surface area contributed by atoms with E-state index in [2.05, 4.69) is 5.32 Å². The summed E-state index contributed by atoms with van der Waals surface area (Å²) >= 11 is 1.08. The minimum Gasteiger partial charge on any atom is -0.618 e. The second-order valence-electron chi connectivity index (χ2n) is 4.39. The number of carbonyl (C=O) groups excluding carboxylic acids is 1. The van der Waals surface area contributed by atoms with Crippen LogP contribution < -0.4 is 10.0 Å². The van der Waals surface area contributed by atoms with Crippen molar-refractivity contribution in [2.24, 2.45) is 0 Å². The molecule has 2 rings (SSSR count). The van der Waals surface area contributed by atoms with E-state index in [1.807, 2.05) is 0 Å². The van der Waals surface area contributed by atoms with E-state index in [1.165, 1.54) is 24.4 Å². The molecular formula is C14H13N3O4S. The molecule has 2 aromatic rings. The van der Waals surface area contributed by atoms with Crippen LogP contribution in [0.15, 0.2) is 53.7 Å². The second-order valence-corrected chi connectivity index (χ2v) is 5.75. The highest BCUT2D eigenvalue weighted by molar-refractivity contribution is 8.00. The van der Waals surface area contributed by atoms with Gasteiger partial charge in [0.25, 0.3) is 10.7 Å². The van der Waals surface area contributed by atoms with E-state index >= 15 is 0 Å². The van der Waals surface area contributed by atoms with Crippen molar-refractivity contribution in [3.05, 3.63) is 64.0 Å². The number of carbonyl (C=O) groups is 1. The van der Waals surface area contributed by atoms with Gasteiger partial charge in [-0.2, -0.15) is 4.73 Å². The van der Waals surface area contributed by atoms with Crippen molar-refractivity contribution in [2.75, 3.05) is 5.32 Å². The van der Waals surface area contributed by atoms with E-state index in [0.717, 1.165) is 11.8 Å². The van der Waals surface area contributed by atoms with Gasteiger partial charge in [-0.25, -0.2) is 0 Å². The maximum atomic E-state index is 12.1. The number of anilines is 1. The van der Waals surface area contributed by atoms with Gasteiger partial charge in [0.2, 0.25) is 5.91 Å². The van der Waals surface area contributed by atoms with Crippen LogP contribution in [-0.4, -0.2) is 16.1 Å². The molecule has 0 unspecified atom stereocenters. The van der Waals surface area contributed by atoms with E-state index in [-0.39, 0.29) is 11.4 Å². The average Bonchev–Trinajstić information content (AvgIpc) is 2.49. The van der Waals surface area contributed by atoms with Gasteiger partial charge >= 0.3 is 0 Å². The molecule has 0 spiro atoms. The minimum absolute atomic E-state index is 0.132. The van der Waals surface area contributed by atoms with Crippen molar-refractivity contribution < 1.29 is 14.4 Å². The number of amides is 1. The van der Waals surface area contributed by atoms with Gasteiger partial charge in [-0.3, -0.25) is 14.9 Å². The third-order valence-electron chi connectivity index (χ3n) is 2.81. The zero-order chi connectivity index (χ0) is 16.1. The molecule has 1 heterocycles. The van der Waals surface area contributed by atoms with Crippen LogP contribution in [-0.2, 0) is 4.79 Å². The first-order valence-electron chi connectivity index (χ1n) is 6.38. The summed E-state index contributed by atoms with van der Waals surface area (Å²) in [6.07, 6.45) is 1.34. The fraction of sp³-hybridized carbons (Fsp3) is 0.143. The number of thioether (sulfide) groups is 1. The van der Waals surface area contributed by atoms with Crippen LogP contribution in [0.5, 0.6) is 0 Å². The van der Waals surface area contributed by atoms with E-state index in [4.69, 9.17) is 0 Å². The Morgan fingerprint density at radius 1 is 1.27 bits per heavy atom. The highest BCUT2D eigenvalue weighted by Gasteiger charge is 2.21. The lowest BCUT2D eigenvalue weighted by molar-refractivity contribution is -0.645. The molecule has 1 aromatic heterocycles. The molecule has 22 heavy (non-hydrogen) atoms. The predicted octanol–water partition coefficient (Wildman–Crippen LogP) is 2.35. The maximum Gasteiger partial charge on any atom is 0.292 e. The fourth-order valence-electron chi connectivity index (χ4n) is 1.71. The highest BCUT2D eigenvalue weighted by atomic mass is 32.2. The van der Waals surface area contributed by atoms with Gasteiger partial charge in [-0.1, -0.05) is 12.1 Å². The highest BCUT2D eigenvalue weighted by Crippen LogP contribution is 2.25. The Labute approximate surface area is 130 Å². The number of nitro groups is 1. The Morgan fingerprint density at radius 2 is 1.95 bits per heavy atom. The van der Waals surface area contributed by atoms with Gasteiger partial charge in [0.15, 0.2) is 6.20 Å². The molecule has 0 fully saturated rings. The minimum atomic E-state index is -0.581. The number of rotatable bonds is 5. The maximum absolute atomic E-state index is 12.1. The van der Waals surface area contributed by atoms with Crippen LogP contribution in [0.3, 0.4) is 0 Å². The van der Waals surface area contributed by atoms with Crippen molar-refractivity contribution in [1.29, 1.82) is 0 Å². The molecule has 1 N–H and O–H groups in total. The molecular weight excluding hydrogens is 306 g/mol. The predicted molar refractivity (Wildman–Crippen MR) is 82.4 cm³/mol. The molecule has 7 nitrogen and oxygen atoms in total. The zero-order valence-corrected chi connectivity index (χ0v) is 12.4. The molecule has 1 amide bonds. The van der Waals surface area contributed by atoms with E-state index in [0.29, 0.717) is 9.76 Å². The standard InChI is InChI=1S/C14H13N3O4S/c1-10(22-13-8-4-5-9-16(13)19)14(18)15-11-6-2-3-7-12(11)17(20)21/h2-10H,1H3,(H,15,18)/t10-/m0/s1. The molecule has 1 aromatic carbocycles. The number of hydrogen-bond acceptors (Lipinski definition) is 5. The smallest absolute Gasteiger partial charge is 0.292 e. The van der Waals surface area contributed by atoms with E-state index in [9.17, 15) is 20.1 Å². The van der Waals surface area contributed by atoms with Crippen LogP contribution in [0.4, 0.5) is 11.4 Å². The SMILES string of the molecule is C[C@H](Sc1cccc[n+]1[O-])C(=O)Nc1ccccc1[N+](=O)[O-]. The summed E-state index contributed by atoms with van der Waals surface area (Å²) in [6.45, 7) is 1.63. The Bertz CT molecular complexity index is 708. The summed E-state index contributed by atoms with van der Waals surface area (Å²) in [6, 6.07) is 10.8. The van der Waals surface area contributed by atoms with Crippen molar-refractivity contribution in [1.82, 2.24) is 0 Å². The lowest BCUT2D eigenvalue weighted by atomic mass is 10.2. The van der Waals surface area contributed by atoms with Crippen molar-refractivity contribution in [2.45, 2.75) is 17.2 Å². The van der Waals surface area contributed by atoms with E-state index in [1.54, 1.807) is 31.2 Å². The number of para-hydroxylation sites is 2. The first-order chi connectivity index (χ1) is 10.5. The van der Waals surface area contributed by atoms with Crippen LogP contribution in [0.25, 0.3) is 0 Å². The molecule has 0 aliphatic rings. The lowest BCUT2D eigenvalue weighted by Crippen LogP contribution is -2.30. The molecule has 0 saturated heterocycles. The first kappa shape index (κ1) is 15.8. The molecule has 0 bridgehead atoms. The third-order valence-corrected chi connectivity index (χ3v) is 3.94. The lowest BCUT2D eigenvalue weighted by Gasteiger charge is -2.11. The van der Waals surface area contributed by atoms with Crippen LogP contribution in [0.1, 0.15) is 6.92 Å². The first-order valence-corrected chi connectivity index (χ1v) is 7.26. The summed E-state index contributed by atoms with van der Waals surface area (Å²) in [5, 5.41) is 24.8. The van der Waals surface area contributed by atoms with Crippen molar-refractivity contribution in [3.63, 3.8) is 0 Å². The molecule has 0 aliphatic heterocycles. The average molecular weight is 319 g/mol. The van der Waals surface area contributed by atoms with Crippen LogP contribution >= 0.6 is 11.8 Å². The normalized spacial score (nSPS) is 11.7. The summed E-state index contributed by atoms with van der Waals surface area (Å²) in [5.74, 6) is -0.414. The topological polar surface area (TPSA) is 99.2 Å². The Kier molecular flexibility index (Phi) is 4.95. The second kappa shape index (κ2) is 6.90. The molecule has 1 atom stereocenters. The summed E-state index contributed by atoms with van der Waals surface area (Å²) in [7, 11) is 0. The van der Waals surface area contributed by atoms with Gasteiger partial charge in [0, 0.05) is 18.2 Å². The Balaban J connectivity index is 2.09. The molecule has 0 aliphatic carbocycles. The fourth-order valence-corrected chi connectivity index (χ4v) is 2.56. The number of nitrogens with zero attached hydrogens (tertiary/aromatic N) is 2. The summed E-state index contributed by atoms with van der Waals surface area (Å²) in [4.78, 5) is 22.5. The molecule has 8 heteroatoms. The third kappa shape index (κ3) is 3.73. The van der Waals surface area contributed by atoms with Gasteiger partial charge in [-0.05, 0) is 30.8 Å². The van der Waals surface area contributed by atoms with Crippen LogP contribution in [0, 0.1) is 15.3 Å². The van der Waals surface area contributed by atoms with Gasteiger partial charge in [-0.15, -0.1) is 0 Å². The quantitative estimate of drug-likeness (QED) is 0.300. The number of benzene rings is 1. The van der Waals surface area contributed by atoms with Gasteiger partial charge in [0.05, 0.1) is 10.2 Å². The zero-order valence-electron chi connectivity index (χ0n) is 11.6. The number of hydrogen-bond donors (Lipinski definition) is 1. The number of pyridine rings is 1. The number of aromatic nitrogens is 1. The van der Waals surface area contributed by atoms with E-state index < -0.39 is 16.1 Å². The Hall–Kier alpha value is -2.61. The van der Waals surface area contributed by atoms with Gasteiger partial charge < -0.3 is 10.5 Å². The van der Waals surface area contributed by atoms with Gasteiger partial charge in [0.1, 0.15) is 5.69 Å². The monoisotopic (exact) mass is 319 g/mol. The summed E-state index contributed by atoms with van der Waals surface area (Å²) < 4.78 is 0.666. The molecule has 114 valence electrons. The largest absolute Gasteiger partial charge is 0.618 e. The molecule has 0 radical (unpaired) electrons. The summed E-state index contributed by atoms with van der Waals surface area (Å²) in [5.41, 5.74) is -0.0420. The van der Waals surface area contributed by atoms with Crippen LogP contribution in [0.2, 0.25) is 0 Å². The van der Waals surface area contributed by atoms with Crippen molar-refractivity contribution >= 4 is 29.0 Å².